The first-order chi connectivity index (χ1) is 13.7. The predicted molar refractivity (Wildman–Crippen MR) is 107 cm³/mol. The van der Waals surface area contributed by atoms with E-state index in [1.807, 2.05) is 77.4 Å². The van der Waals surface area contributed by atoms with Gasteiger partial charge in [-0.05, 0) is 12.1 Å². The molecule has 3 aromatic rings. The zero-order valence-corrected chi connectivity index (χ0v) is 15.8. The number of para-hydroxylation sites is 2. The van der Waals surface area contributed by atoms with E-state index in [1.54, 1.807) is 0 Å². The molecule has 28 heavy (non-hydrogen) atoms. The number of ether oxygens (including phenoxy) is 1. The molecule has 142 valence electrons. The van der Waals surface area contributed by atoms with Crippen LogP contribution in [0.5, 0.6) is 11.5 Å². The zero-order valence-electron chi connectivity index (χ0n) is 15.8. The SMILES string of the molecule is Cn1ccnc1N1CCN(C(=O)C2c3ccccc3Oc3ccccc32)CC1. The molecule has 0 aliphatic carbocycles. The Morgan fingerprint density at radius 1 is 0.964 bits per heavy atom. The van der Waals surface area contributed by atoms with Gasteiger partial charge in [0.15, 0.2) is 0 Å². The second kappa shape index (κ2) is 6.71. The number of imidazole rings is 1. The number of fused-ring (bicyclic) bond motifs is 2. The minimum Gasteiger partial charge on any atom is -0.457 e. The van der Waals surface area contributed by atoms with E-state index in [2.05, 4.69) is 9.88 Å². The van der Waals surface area contributed by atoms with Gasteiger partial charge in [-0.3, -0.25) is 4.79 Å². The van der Waals surface area contributed by atoms with Crippen molar-refractivity contribution < 1.29 is 9.53 Å². The molecule has 6 heteroatoms. The van der Waals surface area contributed by atoms with Crippen LogP contribution in [0.4, 0.5) is 5.95 Å². The van der Waals surface area contributed by atoms with Crippen LogP contribution in [0.3, 0.4) is 0 Å². The van der Waals surface area contributed by atoms with Gasteiger partial charge in [-0.25, -0.2) is 4.98 Å². The van der Waals surface area contributed by atoms with Gasteiger partial charge in [-0.2, -0.15) is 0 Å². The molecule has 0 N–H and O–H groups in total. The number of aromatic nitrogens is 2. The van der Waals surface area contributed by atoms with Gasteiger partial charge >= 0.3 is 0 Å². The fourth-order valence-corrected chi connectivity index (χ4v) is 4.15. The summed E-state index contributed by atoms with van der Waals surface area (Å²) >= 11 is 0. The minimum absolute atomic E-state index is 0.141. The highest BCUT2D eigenvalue weighted by Gasteiger charge is 2.36. The number of carbonyl (C=O) groups is 1. The summed E-state index contributed by atoms with van der Waals surface area (Å²) in [6, 6.07) is 15.7. The highest BCUT2D eigenvalue weighted by atomic mass is 16.5. The monoisotopic (exact) mass is 374 g/mol. The first-order valence-corrected chi connectivity index (χ1v) is 9.59. The van der Waals surface area contributed by atoms with Crippen molar-refractivity contribution in [3.63, 3.8) is 0 Å². The summed E-state index contributed by atoms with van der Waals surface area (Å²) in [6.07, 6.45) is 3.76. The third-order valence-corrected chi connectivity index (χ3v) is 5.60. The van der Waals surface area contributed by atoms with E-state index >= 15 is 0 Å². The zero-order chi connectivity index (χ0) is 19.1. The van der Waals surface area contributed by atoms with Crippen LogP contribution in [0.15, 0.2) is 60.9 Å². The van der Waals surface area contributed by atoms with Crippen LogP contribution in [0.1, 0.15) is 17.0 Å². The molecule has 2 aliphatic heterocycles. The van der Waals surface area contributed by atoms with E-state index in [4.69, 9.17) is 4.74 Å². The maximum Gasteiger partial charge on any atom is 0.234 e. The van der Waals surface area contributed by atoms with Crippen molar-refractivity contribution in [2.45, 2.75) is 5.92 Å². The van der Waals surface area contributed by atoms with Gasteiger partial charge in [-0.15, -0.1) is 0 Å². The van der Waals surface area contributed by atoms with Crippen LogP contribution in [0.25, 0.3) is 0 Å². The number of hydrogen-bond donors (Lipinski definition) is 0. The third kappa shape index (κ3) is 2.72. The maximum absolute atomic E-state index is 13.6. The first-order valence-electron chi connectivity index (χ1n) is 9.59. The highest BCUT2D eigenvalue weighted by Crippen LogP contribution is 2.44. The largest absolute Gasteiger partial charge is 0.457 e. The number of rotatable bonds is 2. The molecule has 1 fully saturated rings. The van der Waals surface area contributed by atoms with E-state index in [0.717, 1.165) is 41.7 Å². The topological polar surface area (TPSA) is 50.6 Å². The van der Waals surface area contributed by atoms with Crippen molar-refractivity contribution >= 4 is 11.9 Å². The molecule has 0 radical (unpaired) electrons. The molecule has 1 aromatic heterocycles. The lowest BCUT2D eigenvalue weighted by Gasteiger charge is -2.38. The number of benzene rings is 2. The van der Waals surface area contributed by atoms with E-state index in [9.17, 15) is 4.79 Å². The van der Waals surface area contributed by atoms with Gasteiger partial charge in [0.05, 0.1) is 5.92 Å². The molecule has 1 amide bonds. The molecule has 0 bridgehead atoms. The van der Waals surface area contributed by atoms with Crippen molar-refractivity contribution in [1.29, 1.82) is 0 Å². The third-order valence-electron chi connectivity index (χ3n) is 5.60. The lowest BCUT2D eigenvalue weighted by molar-refractivity contribution is -0.132. The fraction of sp³-hybridized carbons (Fsp3) is 0.273. The number of aryl methyl sites for hydroxylation is 1. The Hall–Kier alpha value is -3.28. The standard InChI is InChI=1S/C22H22N4O2/c1-24-11-10-23-22(24)26-14-12-25(13-15-26)21(27)20-16-6-2-4-8-18(16)28-19-9-5-3-7-17(19)20/h2-11,20H,12-15H2,1H3. The Kier molecular flexibility index (Phi) is 4.04. The Balaban J connectivity index is 1.41. The van der Waals surface area contributed by atoms with Crippen molar-refractivity contribution in [3.05, 3.63) is 72.1 Å². The molecule has 0 atom stereocenters. The van der Waals surface area contributed by atoms with Gasteiger partial charge in [0.1, 0.15) is 11.5 Å². The van der Waals surface area contributed by atoms with Crippen LogP contribution in [-0.2, 0) is 11.8 Å². The molecule has 3 heterocycles. The number of nitrogens with zero attached hydrogens (tertiary/aromatic N) is 4. The second-order valence-corrected chi connectivity index (χ2v) is 7.26. The van der Waals surface area contributed by atoms with Gasteiger partial charge in [0, 0.05) is 56.7 Å². The molecule has 0 saturated carbocycles. The predicted octanol–water partition coefficient (Wildman–Crippen LogP) is 3.01. The maximum atomic E-state index is 13.6. The average Bonchev–Trinajstić information content (AvgIpc) is 3.17. The summed E-state index contributed by atoms with van der Waals surface area (Å²) in [5, 5.41) is 0. The van der Waals surface area contributed by atoms with Crippen LogP contribution in [-0.4, -0.2) is 46.5 Å². The molecule has 6 nitrogen and oxygen atoms in total. The summed E-state index contributed by atoms with van der Waals surface area (Å²) in [5.41, 5.74) is 1.88. The lowest BCUT2D eigenvalue weighted by atomic mass is 9.86. The second-order valence-electron chi connectivity index (χ2n) is 7.26. The van der Waals surface area contributed by atoms with Crippen molar-refractivity contribution in [3.8, 4) is 11.5 Å². The summed E-state index contributed by atoms with van der Waals surface area (Å²) in [7, 11) is 2.00. The summed E-state index contributed by atoms with van der Waals surface area (Å²) in [4.78, 5) is 22.2. The minimum atomic E-state index is -0.319. The quantitative estimate of drug-likeness (QED) is 0.692. The molecule has 1 saturated heterocycles. The Morgan fingerprint density at radius 2 is 1.57 bits per heavy atom. The van der Waals surface area contributed by atoms with Crippen LogP contribution < -0.4 is 9.64 Å². The normalized spacial score (nSPS) is 16.3. The summed E-state index contributed by atoms with van der Waals surface area (Å²) < 4.78 is 8.05. The Bertz CT molecular complexity index is 975. The van der Waals surface area contributed by atoms with Gasteiger partial charge in [-0.1, -0.05) is 36.4 Å². The molecule has 2 aliphatic rings. The van der Waals surface area contributed by atoms with Crippen molar-refractivity contribution in [2.24, 2.45) is 7.05 Å². The molecule has 5 rings (SSSR count). The highest BCUT2D eigenvalue weighted by molar-refractivity contribution is 5.90. The number of hydrogen-bond acceptors (Lipinski definition) is 4. The van der Waals surface area contributed by atoms with Crippen LogP contribution >= 0.6 is 0 Å². The van der Waals surface area contributed by atoms with Crippen molar-refractivity contribution in [1.82, 2.24) is 14.5 Å². The van der Waals surface area contributed by atoms with E-state index in [1.165, 1.54) is 0 Å². The fourth-order valence-electron chi connectivity index (χ4n) is 4.15. The molecular weight excluding hydrogens is 352 g/mol. The Morgan fingerprint density at radius 3 is 2.14 bits per heavy atom. The first kappa shape index (κ1) is 16.9. The van der Waals surface area contributed by atoms with Crippen LogP contribution in [0.2, 0.25) is 0 Å². The number of anilines is 1. The van der Waals surface area contributed by atoms with E-state index < -0.39 is 0 Å². The lowest BCUT2D eigenvalue weighted by Crippen LogP contribution is -2.51. The number of piperazine rings is 1. The Labute approximate surface area is 164 Å². The van der Waals surface area contributed by atoms with E-state index in [0.29, 0.717) is 13.1 Å². The average molecular weight is 374 g/mol. The van der Waals surface area contributed by atoms with E-state index in [-0.39, 0.29) is 11.8 Å². The van der Waals surface area contributed by atoms with Gasteiger partial charge < -0.3 is 19.1 Å². The number of carbonyl (C=O) groups excluding carboxylic acids is 1. The molecule has 0 unspecified atom stereocenters. The van der Waals surface area contributed by atoms with Gasteiger partial charge in [0.25, 0.3) is 0 Å². The van der Waals surface area contributed by atoms with Gasteiger partial charge in [0.2, 0.25) is 11.9 Å². The molecule has 2 aromatic carbocycles. The van der Waals surface area contributed by atoms with Crippen molar-refractivity contribution in [2.75, 3.05) is 31.1 Å². The molecule has 0 spiro atoms. The smallest absolute Gasteiger partial charge is 0.234 e. The molecular formula is C22H22N4O2. The summed E-state index contributed by atoms with van der Waals surface area (Å²) in [5.74, 6) is 2.31. The number of amides is 1. The van der Waals surface area contributed by atoms with Crippen LogP contribution in [0, 0.1) is 0 Å². The summed E-state index contributed by atoms with van der Waals surface area (Å²) in [6.45, 7) is 2.94.